The Morgan fingerprint density at radius 1 is 1.67 bits per heavy atom. The van der Waals surface area contributed by atoms with Crippen LogP contribution in [-0.4, -0.2) is 43.9 Å². The first-order valence-electron chi connectivity index (χ1n) is 4.36. The van der Waals surface area contributed by atoms with Crippen LogP contribution >= 0.6 is 11.8 Å². The SMILES string of the molecule is CCOC(=O)C1=CN(CS(C)(=O)=O)CS1. The number of nitrogens with zero attached hydrogens (tertiary/aromatic N) is 1. The zero-order valence-corrected chi connectivity index (χ0v) is 10.2. The topological polar surface area (TPSA) is 63.7 Å². The predicted molar refractivity (Wildman–Crippen MR) is 58.7 cm³/mol. The van der Waals surface area contributed by atoms with E-state index in [1.807, 2.05) is 0 Å². The van der Waals surface area contributed by atoms with Crippen molar-refractivity contribution in [1.29, 1.82) is 0 Å². The highest BCUT2D eigenvalue weighted by molar-refractivity contribution is 8.04. The molecule has 5 nitrogen and oxygen atoms in total. The molecule has 1 aliphatic heterocycles. The van der Waals surface area contributed by atoms with Gasteiger partial charge in [-0.15, -0.1) is 0 Å². The van der Waals surface area contributed by atoms with Crippen molar-refractivity contribution < 1.29 is 17.9 Å². The summed E-state index contributed by atoms with van der Waals surface area (Å²) >= 11 is 1.29. The molecule has 0 aliphatic carbocycles. The van der Waals surface area contributed by atoms with E-state index in [1.165, 1.54) is 18.0 Å². The number of thioether (sulfide) groups is 1. The fourth-order valence-corrected chi connectivity index (χ4v) is 2.84. The second-order valence-electron chi connectivity index (χ2n) is 3.13. The summed E-state index contributed by atoms with van der Waals surface area (Å²) in [5, 5.41) is 0. The molecule has 0 N–H and O–H groups in total. The minimum absolute atomic E-state index is 0.0666. The lowest BCUT2D eigenvalue weighted by Crippen LogP contribution is -2.21. The number of esters is 1. The molecule has 0 unspecified atom stereocenters. The lowest BCUT2D eigenvalue weighted by molar-refractivity contribution is -0.137. The van der Waals surface area contributed by atoms with Crippen LogP contribution in [0.4, 0.5) is 0 Å². The number of sulfone groups is 1. The number of hydrogen-bond acceptors (Lipinski definition) is 6. The molecular formula is C8H13NO4S2. The van der Waals surface area contributed by atoms with Crippen LogP contribution in [0.25, 0.3) is 0 Å². The molecule has 1 aliphatic rings. The van der Waals surface area contributed by atoms with Crippen LogP contribution in [0.5, 0.6) is 0 Å². The molecule has 0 saturated heterocycles. The van der Waals surface area contributed by atoms with Crippen molar-refractivity contribution in [3.63, 3.8) is 0 Å². The Hall–Kier alpha value is -0.690. The van der Waals surface area contributed by atoms with E-state index >= 15 is 0 Å². The molecule has 0 spiro atoms. The van der Waals surface area contributed by atoms with Crippen LogP contribution in [0.3, 0.4) is 0 Å². The Bertz CT molecular complexity index is 374. The average molecular weight is 251 g/mol. The number of hydrogen-bond donors (Lipinski definition) is 0. The van der Waals surface area contributed by atoms with Gasteiger partial charge in [-0.2, -0.15) is 0 Å². The van der Waals surface area contributed by atoms with E-state index in [4.69, 9.17) is 4.74 Å². The van der Waals surface area contributed by atoms with Crippen molar-refractivity contribution in [2.24, 2.45) is 0 Å². The van der Waals surface area contributed by atoms with E-state index in [1.54, 1.807) is 11.8 Å². The van der Waals surface area contributed by atoms with Gasteiger partial charge in [-0.05, 0) is 6.92 Å². The first-order valence-corrected chi connectivity index (χ1v) is 7.40. The molecule has 86 valence electrons. The first kappa shape index (κ1) is 12.4. The Morgan fingerprint density at radius 2 is 2.33 bits per heavy atom. The average Bonchev–Trinajstić information content (AvgIpc) is 2.50. The van der Waals surface area contributed by atoms with Gasteiger partial charge in [0.2, 0.25) is 0 Å². The molecule has 0 aromatic carbocycles. The summed E-state index contributed by atoms with van der Waals surface area (Å²) in [6.07, 6.45) is 2.69. The standard InChI is InChI=1S/C8H13NO4S2/c1-3-13-8(10)7-4-9(5-14-7)6-15(2,11)12/h4H,3,5-6H2,1-2H3. The summed E-state index contributed by atoms with van der Waals surface area (Å²) in [6.45, 7) is 2.05. The Kier molecular flexibility index (Phi) is 4.04. The van der Waals surface area contributed by atoms with E-state index < -0.39 is 15.8 Å². The van der Waals surface area contributed by atoms with Crippen LogP contribution in [0, 0.1) is 0 Å². The van der Waals surface area contributed by atoms with Gasteiger partial charge in [-0.1, -0.05) is 11.8 Å². The quantitative estimate of drug-likeness (QED) is 0.674. The number of ether oxygens (including phenoxy) is 1. The maximum absolute atomic E-state index is 11.3. The van der Waals surface area contributed by atoms with Gasteiger partial charge in [0.25, 0.3) is 0 Å². The second kappa shape index (κ2) is 4.89. The summed E-state index contributed by atoms with van der Waals surface area (Å²) in [7, 11) is -3.05. The lowest BCUT2D eigenvalue weighted by atomic mass is 10.6. The molecule has 0 saturated carbocycles. The van der Waals surface area contributed by atoms with E-state index in [0.717, 1.165) is 6.26 Å². The molecule has 0 atom stereocenters. The van der Waals surface area contributed by atoms with E-state index in [0.29, 0.717) is 17.4 Å². The fraction of sp³-hybridized carbons (Fsp3) is 0.625. The van der Waals surface area contributed by atoms with Gasteiger partial charge in [0.15, 0.2) is 9.84 Å². The molecule has 1 rings (SSSR count). The van der Waals surface area contributed by atoms with E-state index in [2.05, 4.69) is 0 Å². The first-order chi connectivity index (χ1) is 6.92. The van der Waals surface area contributed by atoms with Gasteiger partial charge >= 0.3 is 5.97 Å². The molecule has 0 amide bonds. The Labute approximate surface area is 93.4 Å². The summed E-state index contributed by atoms with van der Waals surface area (Å²) in [5.41, 5.74) is 0. The van der Waals surface area contributed by atoms with E-state index in [-0.39, 0.29) is 5.88 Å². The van der Waals surface area contributed by atoms with Gasteiger partial charge in [0.1, 0.15) is 10.8 Å². The predicted octanol–water partition coefficient (Wildman–Crippen LogP) is 0.399. The second-order valence-corrected chi connectivity index (χ2v) is 6.23. The third kappa shape index (κ3) is 4.13. The van der Waals surface area contributed by atoms with Gasteiger partial charge in [0, 0.05) is 12.5 Å². The summed E-state index contributed by atoms with van der Waals surface area (Å²) in [6, 6.07) is 0. The van der Waals surface area contributed by atoms with Gasteiger partial charge in [0.05, 0.1) is 12.5 Å². The number of carbonyl (C=O) groups is 1. The third-order valence-electron chi connectivity index (χ3n) is 1.56. The van der Waals surface area contributed by atoms with Crippen LogP contribution in [0.15, 0.2) is 11.1 Å². The van der Waals surface area contributed by atoms with Crippen molar-refractivity contribution in [1.82, 2.24) is 4.90 Å². The normalized spacial score (nSPS) is 16.4. The summed E-state index contributed by atoms with van der Waals surface area (Å²) in [5.74, 6) is 0.0166. The molecule has 0 aromatic heterocycles. The monoisotopic (exact) mass is 251 g/mol. The lowest BCUT2D eigenvalue weighted by Gasteiger charge is -2.11. The highest BCUT2D eigenvalue weighted by atomic mass is 32.2. The minimum atomic E-state index is -3.05. The molecule has 15 heavy (non-hydrogen) atoms. The maximum atomic E-state index is 11.3. The molecule has 0 radical (unpaired) electrons. The van der Waals surface area contributed by atoms with Gasteiger partial charge in [-0.3, -0.25) is 0 Å². The van der Waals surface area contributed by atoms with Crippen molar-refractivity contribution in [2.75, 3.05) is 24.6 Å². The van der Waals surface area contributed by atoms with Crippen LogP contribution in [-0.2, 0) is 19.4 Å². The van der Waals surface area contributed by atoms with Crippen molar-refractivity contribution in [3.8, 4) is 0 Å². The summed E-state index contributed by atoms with van der Waals surface area (Å²) in [4.78, 5) is 13.3. The largest absolute Gasteiger partial charge is 0.462 e. The van der Waals surface area contributed by atoms with E-state index in [9.17, 15) is 13.2 Å². The minimum Gasteiger partial charge on any atom is -0.462 e. The molecule has 0 bridgehead atoms. The molecule has 0 fully saturated rings. The Morgan fingerprint density at radius 3 is 2.87 bits per heavy atom. The fourth-order valence-electron chi connectivity index (χ4n) is 1.08. The van der Waals surface area contributed by atoms with Crippen molar-refractivity contribution in [2.45, 2.75) is 6.92 Å². The zero-order chi connectivity index (χ0) is 11.5. The zero-order valence-electron chi connectivity index (χ0n) is 8.60. The highest BCUT2D eigenvalue weighted by Crippen LogP contribution is 2.26. The van der Waals surface area contributed by atoms with Crippen molar-refractivity contribution >= 4 is 27.6 Å². The van der Waals surface area contributed by atoms with Gasteiger partial charge < -0.3 is 9.64 Å². The molecular weight excluding hydrogens is 238 g/mol. The molecule has 1 heterocycles. The highest BCUT2D eigenvalue weighted by Gasteiger charge is 2.22. The van der Waals surface area contributed by atoms with Crippen LogP contribution in [0.1, 0.15) is 6.92 Å². The number of carbonyl (C=O) groups excluding carboxylic acids is 1. The maximum Gasteiger partial charge on any atom is 0.346 e. The number of rotatable bonds is 4. The van der Waals surface area contributed by atoms with Crippen molar-refractivity contribution in [3.05, 3.63) is 11.1 Å². The smallest absolute Gasteiger partial charge is 0.346 e. The molecule has 0 aromatic rings. The Balaban J connectivity index is 2.58. The van der Waals surface area contributed by atoms with Crippen LogP contribution < -0.4 is 0 Å². The van der Waals surface area contributed by atoms with Gasteiger partial charge in [-0.25, -0.2) is 13.2 Å². The summed E-state index contributed by atoms with van der Waals surface area (Å²) < 4.78 is 26.8. The molecule has 7 heteroatoms. The van der Waals surface area contributed by atoms with Crippen LogP contribution in [0.2, 0.25) is 0 Å². The third-order valence-corrected chi connectivity index (χ3v) is 3.41.